The number of nitrogens with one attached hydrogen (secondary N) is 1. The van der Waals surface area contributed by atoms with Crippen molar-refractivity contribution in [3.63, 3.8) is 0 Å². The van der Waals surface area contributed by atoms with Crippen LogP contribution in [0.3, 0.4) is 0 Å². The zero-order valence-electron chi connectivity index (χ0n) is 11.3. The van der Waals surface area contributed by atoms with E-state index in [4.69, 9.17) is 23.2 Å². The third-order valence-corrected chi connectivity index (χ3v) is 5.07. The van der Waals surface area contributed by atoms with Crippen LogP contribution in [0.25, 0.3) is 0 Å². The molecule has 1 atom stereocenters. The maximum absolute atomic E-state index is 6.32. The molecule has 2 aromatic rings. The van der Waals surface area contributed by atoms with Gasteiger partial charge in [-0.2, -0.15) is 5.10 Å². The van der Waals surface area contributed by atoms with Crippen LogP contribution in [0, 0.1) is 0 Å². The lowest BCUT2D eigenvalue weighted by atomic mass is 10.1. The molecule has 7 heteroatoms. The molecule has 1 unspecified atom stereocenters. The van der Waals surface area contributed by atoms with Crippen molar-refractivity contribution in [2.24, 2.45) is 0 Å². The summed E-state index contributed by atoms with van der Waals surface area (Å²) in [7, 11) is 0. The number of hydrogen-bond acceptors (Lipinski definition) is 3. The Morgan fingerprint density at radius 1 is 1.45 bits per heavy atom. The summed E-state index contributed by atoms with van der Waals surface area (Å²) in [5, 5.41) is 7.90. The lowest BCUT2D eigenvalue weighted by Crippen LogP contribution is -2.25. The summed E-state index contributed by atoms with van der Waals surface area (Å²) in [6.07, 6.45) is 2.86. The van der Waals surface area contributed by atoms with Crippen molar-refractivity contribution in [3.05, 3.63) is 36.7 Å². The molecule has 110 valence electrons. The minimum absolute atomic E-state index is 0.0142. The summed E-state index contributed by atoms with van der Waals surface area (Å²) in [6.45, 7) is 5.91. The molecule has 1 N–H and O–H groups in total. The number of aromatic nitrogens is 2. The molecule has 0 aromatic carbocycles. The van der Waals surface area contributed by atoms with Crippen LogP contribution >= 0.6 is 50.5 Å². The fourth-order valence-corrected chi connectivity index (χ4v) is 4.21. The summed E-state index contributed by atoms with van der Waals surface area (Å²) in [4.78, 5) is 0. The minimum atomic E-state index is -0.0142. The van der Waals surface area contributed by atoms with Gasteiger partial charge in [-0.1, -0.05) is 37.0 Å². The van der Waals surface area contributed by atoms with Crippen molar-refractivity contribution >= 4 is 50.5 Å². The molecule has 2 heterocycles. The SMILES string of the molecule is CCCn1ncc(Br)c1C(NCC)c1cc(Cl)sc1Cl. The molecular formula is C13H16BrCl2N3S. The molecule has 0 aliphatic rings. The molecule has 0 bridgehead atoms. The van der Waals surface area contributed by atoms with E-state index in [2.05, 4.69) is 40.2 Å². The molecule has 0 aliphatic carbocycles. The van der Waals surface area contributed by atoms with Crippen LogP contribution in [0.4, 0.5) is 0 Å². The van der Waals surface area contributed by atoms with Gasteiger partial charge < -0.3 is 5.32 Å². The Hall–Kier alpha value is -0.0700. The predicted octanol–water partition coefficient (Wildman–Crippen LogP) is 5.12. The number of thiophene rings is 1. The monoisotopic (exact) mass is 395 g/mol. The Balaban J connectivity index is 2.48. The van der Waals surface area contributed by atoms with Crippen LogP contribution in [0.5, 0.6) is 0 Å². The fraction of sp³-hybridized carbons (Fsp3) is 0.462. The van der Waals surface area contributed by atoms with Gasteiger partial charge in [0.05, 0.1) is 31.1 Å². The number of nitrogens with zero attached hydrogens (tertiary/aromatic N) is 2. The van der Waals surface area contributed by atoms with E-state index in [-0.39, 0.29) is 6.04 Å². The summed E-state index contributed by atoms with van der Waals surface area (Å²) in [5.41, 5.74) is 2.09. The molecule has 0 aliphatic heterocycles. The highest BCUT2D eigenvalue weighted by Gasteiger charge is 2.24. The molecule has 2 aromatic heterocycles. The highest BCUT2D eigenvalue weighted by molar-refractivity contribution is 9.10. The molecule has 3 nitrogen and oxygen atoms in total. The van der Waals surface area contributed by atoms with E-state index < -0.39 is 0 Å². The first-order chi connectivity index (χ1) is 9.58. The van der Waals surface area contributed by atoms with E-state index in [9.17, 15) is 0 Å². The van der Waals surface area contributed by atoms with Gasteiger partial charge in [0.2, 0.25) is 0 Å². The third-order valence-electron chi connectivity index (χ3n) is 2.94. The quantitative estimate of drug-likeness (QED) is 0.733. The van der Waals surface area contributed by atoms with Crippen LogP contribution in [-0.4, -0.2) is 16.3 Å². The Kier molecular flexibility index (Phi) is 5.93. The molecule has 20 heavy (non-hydrogen) atoms. The average molecular weight is 397 g/mol. The van der Waals surface area contributed by atoms with Gasteiger partial charge >= 0.3 is 0 Å². The maximum atomic E-state index is 6.32. The number of aryl methyl sites for hydroxylation is 1. The van der Waals surface area contributed by atoms with E-state index in [1.807, 2.05) is 16.9 Å². The molecule has 0 spiro atoms. The Morgan fingerprint density at radius 3 is 2.75 bits per heavy atom. The van der Waals surface area contributed by atoms with E-state index in [0.29, 0.717) is 4.34 Å². The van der Waals surface area contributed by atoms with Crippen LogP contribution < -0.4 is 5.32 Å². The largest absolute Gasteiger partial charge is 0.305 e. The predicted molar refractivity (Wildman–Crippen MR) is 90.1 cm³/mol. The van der Waals surface area contributed by atoms with Crippen molar-refractivity contribution in [1.82, 2.24) is 15.1 Å². The lowest BCUT2D eigenvalue weighted by Gasteiger charge is -2.20. The van der Waals surface area contributed by atoms with E-state index in [1.54, 1.807) is 0 Å². The van der Waals surface area contributed by atoms with E-state index >= 15 is 0 Å². The first kappa shape index (κ1) is 16.3. The fourth-order valence-electron chi connectivity index (χ4n) is 2.16. The minimum Gasteiger partial charge on any atom is -0.305 e. The van der Waals surface area contributed by atoms with E-state index in [1.165, 1.54) is 11.3 Å². The molecule has 0 amide bonds. The number of hydrogen-bond donors (Lipinski definition) is 1. The van der Waals surface area contributed by atoms with Crippen molar-refractivity contribution in [2.45, 2.75) is 32.9 Å². The average Bonchev–Trinajstić information content (AvgIpc) is 2.91. The van der Waals surface area contributed by atoms with Crippen molar-refractivity contribution in [3.8, 4) is 0 Å². The number of halogens is 3. The van der Waals surface area contributed by atoms with E-state index in [0.717, 1.165) is 39.6 Å². The maximum Gasteiger partial charge on any atom is 0.0996 e. The summed E-state index contributed by atoms with van der Waals surface area (Å²) in [6, 6.07) is 1.91. The van der Waals surface area contributed by atoms with Gasteiger partial charge in [-0.05, 0) is 35.0 Å². The highest BCUT2D eigenvalue weighted by atomic mass is 79.9. The highest BCUT2D eigenvalue weighted by Crippen LogP contribution is 2.39. The molecule has 0 fully saturated rings. The van der Waals surface area contributed by atoms with Crippen LogP contribution in [0.2, 0.25) is 8.67 Å². The van der Waals surface area contributed by atoms with Gasteiger partial charge in [0, 0.05) is 12.1 Å². The molecular weight excluding hydrogens is 381 g/mol. The summed E-state index contributed by atoms with van der Waals surface area (Å²) in [5.74, 6) is 0. The normalized spacial score (nSPS) is 12.8. The topological polar surface area (TPSA) is 29.9 Å². The third kappa shape index (κ3) is 3.39. The second-order valence-electron chi connectivity index (χ2n) is 4.37. The lowest BCUT2D eigenvalue weighted by molar-refractivity contribution is 0.520. The van der Waals surface area contributed by atoms with Crippen LogP contribution in [0.1, 0.15) is 37.6 Å². The zero-order valence-corrected chi connectivity index (χ0v) is 15.2. The van der Waals surface area contributed by atoms with Crippen molar-refractivity contribution < 1.29 is 0 Å². The zero-order chi connectivity index (χ0) is 14.7. The van der Waals surface area contributed by atoms with Gasteiger partial charge in [-0.15, -0.1) is 11.3 Å². The summed E-state index contributed by atoms with van der Waals surface area (Å²) >= 11 is 17.4. The van der Waals surface area contributed by atoms with Crippen molar-refractivity contribution in [2.75, 3.05) is 6.54 Å². The first-order valence-electron chi connectivity index (χ1n) is 6.47. The van der Waals surface area contributed by atoms with Gasteiger partial charge in [0.1, 0.15) is 0 Å². The van der Waals surface area contributed by atoms with Crippen LogP contribution in [-0.2, 0) is 6.54 Å². The van der Waals surface area contributed by atoms with Gasteiger partial charge in [0.15, 0.2) is 0 Å². The second kappa shape index (κ2) is 7.27. The Bertz CT molecular complexity index is 582. The van der Waals surface area contributed by atoms with Gasteiger partial charge in [0.25, 0.3) is 0 Å². The van der Waals surface area contributed by atoms with Gasteiger partial charge in [-0.25, -0.2) is 0 Å². The Labute approximate surface area is 141 Å². The smallest absolute Gasteiger partial charge is 0.0996 e. The standard InChI is InChI=1S/C13H16BrCl2N3S/c1-3-5-19-12(9(14)7-18-19)11(17-4-2)8-6-10(15)20-13(8)16/h6-7,11,17H,3-5H2,1-2H3. The second-order valence-corrected chi connectivity index (χ2v) is 7.51. The Morgan fingerprint density at radius 2 is 2.20 bits per heavy atom. The van der Waals surface area contributed by atoms with Crippen LogP contribution in [0.15, 0.2) is 16.7 Å². The molecule has 0 saturated carbocycles. The van der Waals surface area contributed by atoms with Crippen molar-refractivity contribution in [1.29, 1.82) is 0 Å². The molecule has 0 radical (unpaired) electrons. The molecule has 0 saturated heterocycles. The summed E-state index contributed by atoms with van der Waals surface area (Å²) < 4.78 is 4.41. The number of rotatable bonds is 6. The first-order valence-corrected chi connectivity index (χ1v) is 8.84. The molecule has 2 rings (SSSR count). The van der Waals surface area contributed by atoms with Gasteiger partial charge in [-0.3, -0.25) is 4.68 Å².